The first-order valence-corrected chi connectivity index (χ1v) is 9.20. The third-order valence-electron chi connectivity index (χ3n) is 4.29. The highest BCUT2D eigenvalue weighted by molar-refractivity contribution is 5.77. The van der Waals surface area contributed by atoms with Crippen LogP contribution in [0.4, 0.5) is 0 Å². The molecule has 0 rings (SSSR count). The number of carbonyl (C=O) groups is 1. The third kappa shape index (κ3) is 12.9. The Bertz CT molecular complexity index is 215. The Hall–Kier alpha value is -0.570. The molecule has 0 aromatic carbocycles. The quantitative estimate of drug-likeness (QED) is 0.234. The van der Waals surface area contributed by atoms with Gasteiger partial charge in [-0.05, 0) is 12.8 Å². The predicted molar refractivity (Wildman–Crippen MR) is 89.4 cm³/mol. The number of unbranched alkanes of at least 4 members (excludes halogenated alkanes) is 10. The van der Waals surface area contributed by atoms with E-state index in [9.17, 15) is 4.79 Å². The molecule has 21 heavy (non-hydrogen) atoms. The largest absolute Gasteiger partial charge is 0.289 e. The number of rotatable bonds is 15. The van der Waals surface area contributed by atoms with E-state index in [2.05, 4.69) is 13.8 Å². The molecule has 0 unspecified atom stereocenters. The fraction of sp³-hybridized carbons (Fsp3) is 0.944. The lowest BCUT2D eigenvalue weighted by atomic mass is 9.93. The van der Waals surface area contributed by atoms with Crippen LogP contribution in [-0.4, -0.2) is 11.1 Å². The van der Waals surface area contributed by atoms with Crippen LogP contribution in [0.3, 0.4) is 0 Å². The average molecular weight is 299 g/mol. The summed E-state index contributed by atoms with van der Waals surface area (Å²) in [7, 11) is 0. The van der Waals surface area contributed by atoms with Gasteiger partial charge in [-0.25, -0.2) is 5.48 Å². The van der Waals surface area contributed by atoms with Crippen LogP contribution < -0.4 is 5.48 Å². The zero-order valence-corrected chi connectivity index (χ0v) is 14.3. The molecular weight excluding hydrogens is 262 g/mol. The zero-order valence-electron chi connectivity index (χ0n) is 14.3. The molecule has 0 bridgehead atoms. The molecule has 0 fully saturated rings. The summed E-state index contributed by atoms with van der Waals surface area (Å²) in [6.45, 7) is 4.45. The van der Waals surface area contributed by atoms with Crippen molar-refractivity contribution in [2.45, 2.75) is 104 Å². The van der Waals surface area contributed by atoms with Crippen LogP contribution in [0.15, 0.2) is 0 Å². The average Bonchev–Trinajstić information content (AvgIpc) is 2.51. The fourth-order valence-corrected chi connectivity index (χ4v) is 2.84. The minimum atomic E-state index is -0.183. The summed E-state index contributed by atoms with van der Waals surface area (Å²) in [5.74, 6) is -0.176. The number of nitrogens with one attached hydrogen (secondary N) is 1. The fourth-order valence-electron chi connectivity index (χ4n) is 2.84. The molecule has 0 aromatic heterocycles. The van der Waals surface area contributed by atoms with Gasteiger partial charge >= 0.3 is 0 Å². The van der Waals surface area contributed by atoms with Gasteiger partial charge in [0.15, 0.2) is 0 Å². The molecule has 0 heterocycles. The van der Waals surface area contributed by atoms with Crippen molar-refractivity contribution in [2.75, 3.05) is 0 Å². The maximum atomic E-state index is 11.7. The molecule has 0 aromatic rings. The molecule has 0 aliphatic carbocycles. The molecule has 1 amide bonds. The highest BCUT2D eigenvalue weighted by Crippen LogP contribution is 2.19. The first kappa shape index (κ1) is 20.4. The van der Waals surface area contributed by atoms with Crippen LogP contribution >= 0.6 is 0 Å². The third-order valence-corrected chi connectivity index (χ3v) is 4.29. The monoisotopic (exact) mass is 299 g/mol. The van der Waals surface area contributed by atoms with E-state index in [0.717, 1.165) is 25.7 Å². The topological polar surface area (TPSA) is 49.3 Å². The smallest absolute Gasteiger partial charge is 0.246 e. The van der Waals surface area contributed by atoms with Crippen LogP contribution in [0, 0.1) is 5.92 Å². The highest BCUT2D eigenvalue weighted by atomic mass is 16.5. The molecule has 2 N–H and O–H groups in total. The summed E-state index contributed by atoms with van der Waals surface area (Å²) < 4.78 is 0. The summed E-state index contributed by atoms with van der Waals surface area (Å²) >= 11 is 0. The Balaban J connectivity index is 3.70. The lowest BCUT2D eigenvalue weighted by Crippen LogP contribution is -2.27. The number of carbonyl (C=O) groups excluding carboxylic acids is 1. The molecule has 0 aliphatic heterocycles. The maximum Gasteiger partial charge on any atom is 0.246 e. The predicted octanol–water partition coefficient (Wildman–Crippen LogP) is 5.61. The summed E-state index contributed by atoms with van der Waals surface area (Å²) in [6.07, 6.45) is 16.8. The van der Waals surface area contributed by atoms with Gasteiger partial charge in [-0.15, -0.1) is 0 Å². The second kappa shape index (κ2) is 15.8. The van der Waals surface area contributed by atoms with Gasteiger partial charge in [-0.2, -0.15) is 0 Å². The van der Waals surface area contributed by atoms with E-state index >= 15 is 0 Å². The van der Waals surface area contributed by atoms with Gasteiger partial charge < -0.3 is 0 Å². The number of hydrogen-bond donors (Lipinski definition) is 2. The van der Waals surface area contributed by atoms with Gasteiger partial charge in [0.25, 0.3) is 0 Å². The van der Waals surface area contributed by atoms with Crippen LogP contribution in [0.5, 0.6) is 0 Å². The molecule has 126 valence electrons. The SMILES string of the molecule is CCCCCCCCC(CCCCCCCC)C(=O)NO. The van der Waals surface area contributed by atoms with Crippen molar-refractivity contribution >= 4 is 5.91 Å². The van der Waals surface area contributed by atoms with Gasteiger partial charge in [0.2, 0.25) is 5.91 Å². The second-order valence-corrected chi connectivity index (χ2v) is 6.29. The van der Waals surface area contributed by atoms with Crippen LogP contribution in [0.2, 0.25) is 0 Å². The van der Waals surface area contributed by atoms with Crippen molar-refractivity contribution in [3.05, 3.63) is 0 Å². The van der Waals surface area contributed by atoms with Crippen molar-refractivity contribution in [1.82, 2.24) is 5.48 Å². The normalized spacial score (nSPS) is 11.0. The van der Waals surface area contributed by atoms with E-state index in [4.69, 9.17) is 5.21 Å². The lowest BCUT2D eigenvalue weighted by molar-refractivity contribution is -0.133. The molecule has 0 saturated heterocycles. The summed E-state index contributed by atoms with van der Waals surface area (Å²) in [5.41, 5.74) is 1.85. The highest BCUT2D eigenvalue weighted by Gasteiger charge is 2.16. The standard InChI is InChI=1S/C18H37NO2/c1-3-5-7-9-11-13-15-17(18(20)19-21)16-14-12-10-8-6-4-2/h17,21H,3-16H2,1-2H3,(H,19,20). The minimum Gasteiger partial charge on any atom is -0.289 e. The van der Waals surface area contributed by atoms with Crippen molar-refractivity contribution in [3.8, 4) is 0 Å². The Labute approximate surface area is 131 Å². The van der Waals surface area contributed by atoms with Gasteiger partial charge in [0, 0.05) is 5.92 Å². The van der Waals surface area contributed by atoms with Crippen LogP contribution in [0.1, 0.15) is 104 Å². The molecule has 3 heteroatoms. The van der Waals surface area contributed by atoms with Gasteiger partial charge in [-0.1, -0.05) is 90.9 Å². The lowest BCUT2D eigenvalue weighted by Gasteiger charge is -2.14. The maximum absolute atomic E-state index is 11.7. The molecule has 3 nitrogen and oxygen atoms in total. The van der Waals surface area contributed by atoms with E-state index < -0.39 is 0 Å². The first-order chi connectivity index (χ1) is 10.3. The van der Waals surface area contributed by atoms with E-state index in [1.165, 1.54) is 64.2 Å². The number of hydrogen-bond acceptors (Lipinski definition) is 2. The van der Waals surface area contributed by atoms with E-state index in [1.54, 1.807) is 0 Å². The van der Waals surface area contributed by atoms with E-state index in [1.807, 2.05) is 5.48 Å². The molecule has 0 atom stereocenters. The molecular formula is C18H37NO2. The Morgan fingerprint density at radius 2 is 1.14 bits per heavy atom. The summed E-state index contributed by atoms with van der Waals surface area (Å²) in [4.78, 5) is 11.7. The Morgan fingerprint density at radius 3 is 1.52 bits per heavy atom. The van der Waals surface area contributed by atoms with Crippen molar-refractivity contribution in [1.29, 1.82) is 0 Å². The molecule has 0 saturated carbocycles. The van der Waals surface area contributed by atoms with Crippen LogP contribution in [0.25, 0.3) is 0 Å². The van der Waals surface area contributed by atoms with Crippen molar-refractivity contribution in [3.63, 3.8) is 0 Å². The number of amides is 1. The van der Waals surface area contributed by atoms with Gasteiger partial charge in [-0.3, -0.25) is 10.0 Å². The zero-order chi connectivity index (χ0) is 15.8. The summed E-state index contributed by atoms with van der Waals surface area (Å²) in [5, 5.41) is 8.85. The van der Waals surface area contributed by atoms with Crippen molar-refractivity contribution in [2.24, 2.45) is 5.92 Å². The molecule has 0 radical (unpaired) electrons. The van der Waals surface area contributed by atoms with E-state index in [-0.39, 0.29) is 11.8 Å². The Kier molecular flexibility index (Phi) is 15.4. The molecule has 0 aliphatic rings. The molecule has 0 spiro atoms. The van der Waals surface area contributed by atoms with Gasteiger partial charge in [0.1, 0.15) is 0 Å². The first-order valence-electron chi connectivity index (χ1n) is 9.20. The van der Waals surface area contributed by atoms with E-state index in [0.29, 0.717) is 0 Å². The number of hydroxylamine groups is 1. The minimum absolute atomic E-state index is 0.00681. The van der Waals surface area contributed by atoms with Gasteiger partial charge in [0.05, 0.1) is 0 Å². The summed E-state index contributed by atoms with van der Waals surface area (Å²) in [6, 6.07) is 0. The van der Waals surface area contributed by atoms with Crippen molar-refractivity contribution < 1.29 is 10.0 Å². The Morgan fingerprint density at radius 1 is 0.762 bits per heavy atom. The van der Waals surface area contributed by atoms with Crippen LogP contribution in [-0.2, 0) is 4.79 Å². The second-order valence-electron chi connectivity index (χ2n) is 6.29.